The van der Waals surface area contributed by atoms with Crippen molar-refractivity contribution in [1.29, 1.82) is 0 Å². The number of aromatic nitrogens is 2. The number of benzene rings is 8. The van der Waals surface area contributed by atoms with Crippen LogP contribution in [0.2, 0.25) is 0 Å². The van der Waals surface area contributed by atoms with Crippen molar-refractivity contribution in [1.82, 2.24) is 9.13 Å². The first-order valence-corrected chi connectivity index (χ1v) is 21.6. The van der Waals surface area contributed by atoms with E-state index in [9.17, 15) is 0 Å². The highest BCUT2D eigenvalue weighted by molar-refractivity contribution is 8.03. The lowest BCUT2D eigenvalue weighted by molar-refractivity contribution is 1.02. The molecule has 1 aliphatic heterocycles. The fourth-order valence-corrected chi connectivity index (χ4v) is 11.3. The molecular formula is C54H35N3S2. The van der Waals surface area contributed by atoms with Crippen LogP contribution < -0.4 is 0 Å². The van der Waals surface area contributed by atoms with Crippen molar-refractivity contribution in [2.45, 2.75) is 11.4 Å². The number of allylic oxidation sites excluding steroid dienone is 2. The number of hydrogen-bond donors (Lipinski definition) is 0. The van der Waals surface area contributed by atoms with E-state index in [1.54, 1.807) is 11.8 Å². The maximum Gasteiger partial charge on any atom is 0.0665 e. The quantitative estimate of drug-likeness (QED) is 0.174. The highest BCUT2D eigenvalue weighted by Crippen LogP contribution is 2.45. The summed E-state index contributed by atoms with van der Waals surface area (Å²) >= 11 is 3.56. The number of aliphatic imine (C=N–C) groups is 1. The molecule has 12 rings (SSSR count). The minimum Gasteiger partial charge on any atom is -0.309 e. The fourth-order valence-electron chi connectivity index (χ4n) is 9.24. The molecule has 3 nitrogen and oxygen atoms in total. The summed E-state index contributed by atoms with van der Waals surface area (Å²) in [7, 11) is 0. The van der Waals surface area contributed by atoms with E-state index in [-0.39, 0.29) is 0 Å². The predicted octanol–water partition coefficient (Wildman–Crippen LogP) is 15.1. The summed E-state index contributed by atoms with van der Waals surface area (Å²) in [4.78, 5) is 7.52. The summed E-state index contributed by atoms with van der Waals surface area (Å²) in [6.45, 7) is 5.01. The van der Waals surface area contributed by atoms with Gasteiger partial charge in [-0.2, -0.15) is 0 Å². The molecular weight excluding hydrogens is 755 g/mol. The number of hydrogen-bond acceptors (Lipinski definition) is 3. The van der Waals surface area contributed by atoms with Crippen LogP contribution in [0.25, 0.3) is 86.3 Å². The van der Waals surface area contributed by atoms with Gasteiger partial charge in [0.05, 0.1) is 34.3 Å². The Labute approximate surface area is 349 Å². The van der Waals surface area contributed by atoms with E-state index >= 15 is 0 Å². The molecule has 5 heteroatoms. The SMILES string of the molecule is C=C1/C=C\C(c2cccc3c2sc2ccccc23)=NCc2cc(-n3c4ccccc4c4c(-c5cccc6c5c5ccccc5n6-c5ccccc5)cccc43)ccc2S1. The normalized spacial score (nSPS) is 13.9. The minimum absolute atomic E-state index is 0.556. The molecule has 0 atom stereocenters. The van der Waals surface area contributed by atoms with Gasteiger partial charge in [0.2, 0.25) is 0 Å². The summed E-state index contributed by atoms with van der Waals surface area (Å²) < 4.78 is 7.40. The van der Waals surface area contributed by atoms with E-state index in [0.717, 1.165) is 27.6 Å². The number of thioether (sulfide) groups is 1. The topological polar surface area (TPSA) is 22.2 Å². The van der Waals surface area contributed by atoms with E-state index in [0.29, 0.717) is 6.54 Å². The lowest BCUT2D eigenvalue weighted by atomic mass is 9.95. The van der Waals surface area contributed by atoms with Crippen LogP contribution in [0.4, 0.5) is 0 Å². The Balaban J connectivity index is 1.04. The van der Waals surface area contributed by atoms with E-state index in [4.69, 9.17) is 4.99 Å². The van der Waals surface area contributed by atoms with Gasteiger partial charge >= 0.3 is 0 Å². The molecule has 3 aromatic heterocycles. The van der Waals surface area contributed by atoms with Gasteiger partial charge in [0.15, 0.2) is 0 Å². The standard InChI is InChI=1S/C54H35N3S2/c1-34-28-30-45(42-22-11-21-41-38-16-7-10-27-51(38)59-54(41)42)55-33-35-32-37(29-31-50(35)58-34)57-47-24-9-6-18-44(47)53-40(20-13-26-49(53)57)39-19-12-25-48-52(39)43-17-5-8-23-46(43)56(48)36-14-3-2-4-15-36/h2-32H,1,33H2/b30-28-,55-45?. The zero-order valence-corrected chi connectivity index (χ0v) is 33.6. The van der Waals surface area contributed by atoms with Gasteiger partial charge in [-0.05, 0) is 89.5 Å². The van der Waals surface area contributed by atoms with Crippen LogP contribution >= 0.6 is 23.1 Å². The molecule has 0 saturated heterocycles. The molecule has 1 aliphatic rings. The molecule has 11 aromatic rings. The molecule has 0 aliphatic carbocycles. The molecule has 0 bridgehead atoms. The first kappa shape index (κ1) is 34.1. The molecule has 0 amide bonds. The molecule has 0 N–H and O–H groups in total. The van der Waals surface area contributed by atoms with Gasteiger partial charge in [-0.25, -0.2) is 0 Å². The molecule has 278 valence electrons. The van der Waals surface area contributed by atoms with E-state index in [1.165, 1.54) is 85.4 Å². The number of fused-ring (bicyclic) bond motifs is 10. The summed E-state index contributed by atoms with van der Waals surface area (Å²) in [6.07, 6.45) is 4.26. The number of para-hydroxylation sites is 3. The van der Waals surface area contributed by atoms with Crippen molar-refractivity contribution < 1.29 is 0 Å². The zero-order valence-electron chi connectivity index (χ0n) is 32.0. The van der Waals surface area contributed by atoms with Crippen LogP contribution in [0.15, 0.2) is 209 Å². The van der Waals surface area contributed by atoms with Crippen molar-refractivity contribution in [3.8, 4) is 22.5 Å². The predicted molar refractivity (Wildman–Crippen MR) is 254 cm³/mol. The second-order valence-electron chi connectivity index (χ2n) is 15.1. The Bertz CT molecular complexity index is 3580. The Morgan fingerprint density at radius 1 is 0.475 bits per heavy atom. The van der Waals surface area contributed by atoms with Gasteiger partial charge < -0.3 is 9.13 Å². The lowest BCUT2D eigenvalue weighted by Crippen LogP contribution is -2.00. The van der Waals surface area contributed by atoms with E-state index in [2.05, 4.69) is 204 Å². The Kier molecular flexibility index (Phi) is 7.87. The van der Waals surface area contributed by atoms with Crippen LogP contribution in [-0.2, 0) is 6.54 Å². The van der Waals surface area contributed by atoms with E-state index in [1.807, 2.05) is 11.3 Å². The van der Waals surface area contributed by atoms with Gasteiger partial charge in [0.25, 0.3) is 0 Å². The summed E-state index contributed by atoms with van der Waals surface area (Å²) in [6, 6.07) is 64.0. The molecule has 59 heavy (non-hydrogen) atoms. The number of thiophene rings is 1. The van der Waals surface area contributed by atoms with Crippen LogP contribution in [0.3, 0.4) is 0 Å². The third-order valence-electron chi connectivity index (χ3n) is 11.8. The Morgan fingerprint density at radius 3 is 1.78 bits per heavy atom. The van der Waals surface area contributed by atoms with Gasteiger partial charge in [0, 0.05) is 68.5 Å². The van der Waals surface area contributed by atoms with Gasteiger partial charge in [-0.3, -0.25) is 4.99 Å². The molecule has 4 heterocycles. The summed E-state index contributed by atoms with van der Waals surface area (Å²) in [5, 5.41) is 7.56. The van der Waals surface area contributed by atoms with Crippen molar-refractivity contribution >= 4 is 92.6 Å². The zero-order chi connectivity index (χ0) is 39.0. The number of nitrogens with zero attached hydrogens (tertiary/aromatic N) is 3. The average molecular weight is 790 g/mol. The van der Waals surface area contributed by atoms with Crippen LogP contribution in [0.1, 0.15) is 11.1 Å². The highest BCUT2D eigenvalue weighted by atomic mass is 32.2. The largest absolute Gasteiger partial charge is 0.309 e. The molecule has 0 unspecified atom stereocenters. The Hall–Kier alpha value is -6.92. The minimum atomic E-state index is 0.556. The molecule has 0 radical (unpaired) electrons. The molecule has 0 fully saturated rings. The molecule has 8 aromatic carbocycles. The van der Waals surface area contributed by atoms with Gasteiger partial charge in [-0.15, -0.1) is 11.3 Å². The van der Waals surface area contributed by atoms with Crippen LogP contribution in [-0.4, -0.2) is 14.8 Å². The van der Waals surface area contributed by atoms with Crippen molar-refractivity contribution in [3.63, 3.8) is 0 Å². The average Bonchev–Trinajstić information content (AvgIpc) is 3.96. The smallest absolute Gasteiger partial charge is 0.0665 e. The summed E-state index contributed by atoms with van der Waals surface area (Å²) in [5.41, 5.74) is 12.8. The van der Waals surface area contributed by atoms with Crippen molar-refractivity contribution in [2.24, 2.45) is 4.99 Å². The third kappa shape index (κ3) is 5.39. The lowest BCUT2D eigenvalue weighted by Gasteiger charge is -2.13. The van der Waals surface area contributed by atoms with Gasteiger partial charge in [0.1, 0.15) is 0 Å². The molecule has 0 spiro atoms. The molecule has 0 saturated carbocycles. The Morgan fingerprint density at radius 2 is 1.05 bits per heavy atom. The second kappa shape index (κ2) is 13.6. The van der Waals surface area contributed by atoms with E-state index < -0.39 is 0 Å². The summed E-state index contributed by atoms with van der Waals surface area (Å²) in [5.74, 6) is 0. The van der Waals surface area contributed by atoms with Gasteiger partial charge in [-0.1, -0.05) is 134 Å². The first-order chi connectivity index (χ1) is 29.2. The van der Waals surface area contributed by atoms with Crippen LogP contribution in [0.5, 0.6) is 0 Å². The monoisotopic (exact) mass is 789 g/mol. The third-order valence-corrected chi connectivity index (χ3v) is 14.0. The van der Waals surface area contributed by atoms with Crippen molar-refractivity contribution in [3.05, 3.63) is 211 Å². The van der Waals surface area contributed by atoms with Crippen LogP contribution in [0, 0.1) is 0 Å². The number of rotatable bonds is 4. The maximum absolute atomic E-state index is 5.36. The first-order valence-electron chi connectivity index (χ1n) is 19.9. The van der Waals surface area contributed by atoms with Crippen molar-refractivity contribution in [2.75, 3.05) is 0 Å². The maximum atomic E-state index is 5.36. The second-order valence-corrected chi connectivity index (χ2v) is 17.3. The highest BCUT2D eigenvalue weighted by Gasteiger charge is 2.21. The fraction of sp³-hybridized carbons (Fsp3) is 0.0185.